The highest BCUT2D eigenvalue weighted by atomic mass is 19.3. The molecule has 1 aromatic heterocycles. The van der Waals surface area contributed by atoms with E-state index in [4.69, 9.17) is 18.9 Å². The van der Waals surface area contributed by atoms with Crippen molar-refractivity contribution in [1.29, 1.82) is 0 Å². The number of methoxy groups -OCH3 is 3. The average Bonchev–Trinajstić information content (AvgIpc) is 3.86. The van der Waals surface area contributed by atoms with E-state index in [0.717, 1.165) is 33.9 Å². The van der Waals surface area contributed by atoms with Crippen LogP contribution in [0.5, 0.6) is 5.75 Å². The van der Waals surface area contributed by atoms with Crippen molar-refractivity contribution in [2.75, 3.05) is 59.5 Å². The number of carbonyl (C=O) groups excluding carboxylic acids is 3. The van der Waals surface area contributed by atoms with Crippen LogP contribution >= 0.6 is 0 Å². The zero-order valence-corrected chi connectivity index (χ0v) is 34.9. The number of rotatable bonds is 7. The Morgan fingerprint density at radius 3 is 2.49 bits per heavy atom. The Balaban J connectivity index is 1.35. The van der Waals surface area contributed by atoms with Gasteiger partial charge >= 0.3 is 17.9 Å². The highest BCUT2D eigenvalue weighted by Crippen LogP contribution is 2.65. The predicted molar refractivity (Wildman–Crippen MR) is 213 cm³/mol. The van der Waals surface area contributed by atoms with Gasteiger partial charge in [-0.05, 0) is 50.0 Å². The molecule has 0 radical (unpaired) electrons. The number of benzene rings is 2. The van der Waals surface area contributed by atoms with Crippen LogP contribution in [-0.4, -0.2) is 112 Å². The first-order chi connectivity index (χ1) is 28.1. The van der Waals surface area contributed by atoms with E-state index in [-0.39, 0.29) is 24.8 Å². The maximum Gasteiger partial charge on any atom is 0.344 e. The number of anilines is 1. The fourth-order valence-electron chi connectivity index (χ4n) is 13.7. The van der Waals surface area contributed by atoms with E-state index in [9.17, 15) is 14.7 Å². The van der Waals surface area contributed by atoms with Gasteiger partial charge in [0.1, 0.15) is 23.8 Å². The van der Waals surface area contributed by atoms with Crippen molar-refractivity contribution in [2.45, 2.75) is 93.5 Å². The quantitative estimate of drug-likeness (QED) is 0.161. The molecule has 3 aromatic rings. The van der Waals surface area contributed by atoms with E-state index in [1.807, 2.05) is 61.3 Å². The van der Waals surface area contributed by atoms with Crippen molar-refractivity contribution in [3.63, 3.8) is 0 Å². The van der Waals surface area contributed by atoms with E-state index >= 15 is 13.6 Å². The molecule has 9 rings (SSSR count). The number of aliphatic hydroxyl groups is 1. The number of piperidine rings is 1. The molecule has 14 heteroatoms. The standard InChI is InChI=1S/C45H54F2N4O8/c1-8-42-14-11-16-51-17-15-43(36(42)51)30-19-31(34(56-5)20-33(30)49(4)37(43)45(55,40(54)58-7)38(42)59-25(2)52)44(39(53)57-6)21-26-18-27(41(3,46)47)23-50(22-26)24-29-28-12-9-10-13-32(28)48-35(29)44/h9-14,19-20,26-27,36-38,48,55H,8,15-18,21-24H2,1-7H3/p+2/t26-,27+,36-,37+,38+,42+,43+,44-,45-/m0/s1. The van der Waals surface area contributed by atoms with Gasteiger partial charge in [0.05, 0.1) is 70.3 Å². The van der Waals surface area contributed by atoms with E-state index < -0.39 is 63.7 Å². The van der Waals surface area contributed by atoms with Crippen LogP contribution in [0, 0.1) is 17.3 Å². The predicted octanol–water partition coefficient (Wildman–Crippen LogP) is 2.24. The van der Waals surface area contributed by atoms with Crippen LogP contribution in [-0.2, 0) is 46.0 Å². The smallest absolute Gasteiger partial charge is 0.344 e. The second-order valence-corrected chi connectivity index (χ2v) is 18.3. The van der Waals surface area contributed by atoms with E-state index in [0.29, 0.717) is 68.3 Å². The summed E-state index contributed by atoms with van der Waals surface area (Å²) in [6.07, 6.45) is 4.24. The Morgan fingerprint density at radius 1 is 1.07 bits per heavy atom. The van der Waals surface area contributed by atoms with E-state index in [2.05, 4.69) is 11.1 Å². The zero-order valence-electron chi connectivity index (χ0n) is 34.9. The lowest BCUT2D eigenvalue weighted by Crippen LogP contribution is -3.18. The molecule has 1 saturated carbocycles. The number of esters is 3. The Kier molecular flexibility index (Phi) is 9.12. The first-order valence-electron chi connectivity index (χ1n) is 20.9. The molecule has 6 aliphatic rings. The second-order valence-electron chi connectivity index (χ2n) is 18.3. The number of likely N-dealkylation sites (N-methyl/N-ethyl adjacent to an activating group) is 1. The molecule has 2 saturated heterocycles. The number of quaternary nitrogens is 2. The molecule has 4 N–H and O–H groups in total. The Labute approximate surface area is 342 Å². The third kappa shape index (κ3) is 5.17. The number of ether oxygens (including phenoxy) is 4. The SMILES string of the molecule is CC[C@]12C=CC[NH+]3CC[C@@]4(c5cc([C@@]6(C(=O)OC)C[C@@H]7C[C@@H](C(C)(F)F)C[NH+](Cc8c6[nH]c6ccccc86)C7)c(OC)cc5N(C)[C@H]4[C@@](O)(C(=O)OC)[C@@H]1OC(C)=O)[C@@H]32. The molecule has 3 fully saturated rings. The molecular weight excluding hydrogens is 763 g/mol. The lowest BCUT2D eigenvalue weighted by Gasteiger charge is -2.61. The molecule has 11 atom stereocenters. The average molecular weight is 819 g/mol. The number of nitrogens with one attached hydrogen (secondary N) is 3. The largest absolute Gasteiger partial charge is 0.496 e. The summed E-state index contributed by atoms with van der Waals surface area (Å²) in [5, 5.41) is 14.2. The zero-order chi connectivity index (χ0) is 42.0. The molecule has 59 heavy (non-hydrogen) atoms. The van der Waals surface area contributed by atoms with Crippen LogP contribution in [0.15, 0.2) is 48.6 Å². The van der Waals surface area contributed by atoms with Gasteiger partial charge in [-0.2, -0.15) is 0 Å². The number of H-pyrrole nitrogens is 1. The highest BCUT2D eigenvalue weighted by Gasteiger charge is 2.82. The fraction of sp³-hybridized carbons (Fsp3) is 0.578. The van der Waals surface area contributed by atoms with Crippen LogP contribution < -0.4 is 19.4 Å². The maximum absolute atomic E-state index is 15.3. The van der Waals surface area contributed by atoms with Crippen LogP contribution in [0.1, 0.15) is 68.8 Å². The Morgan fingerprint density at radius 2 is 1.81 bits per heavy atom. The summed E-state index contributed by atoms with van der Waals surface area (Å²) in [4.78, 5) is 50.4. The first-order valence-corrected chi connectivity index (χ1v) is 20.9. The molecule has 316 valence electrons. The second kappa shape index (κ2) is 13.5. The number of aromatic nitrogens is 1. The number of carbonyl (C=O) groups is 3. The topological polar surface area (TPSA) is 136 Å². The number of para-hydroxylation sites is 1. The summed E-state index contributed by atoms with van der Waals surface area (Å²) in [5.74, 6) is -5.77. The minimum atomic E-state index is -2.91. The molecule has 5 aliphatic heterocycles. The molecule has 2 aromatic carbocycles. The molecular formula is C45H56F2N4O8+2. The summed E-state index contributed by atoms with van der Waals surface area (Å²) in [6.45, 7) is 7.02. The number of hydrogen-bond acceptors (Lipinski definition) is 9. The summed E-state index contributed by atoms with van der Waals surface area (Å²) < 4.78 is 54.4. The summed E-state index contributed by atoms with van der Waals surface area (Å²) in [5.41, 5.74) is -1.38. The van der Waals surface area contributed by atoms with Gasteiger partial charge < -0.3 is 43.7 Å². The van der Waals surface area contributed by atoms with Crippen molar-refractivity contribution < 1.29 is 57.0 Å². The third-order valence-electron chi connectivity index (χ3n) is 15.6. The van der Waals surface area contributed by atoms with E-state index in [1.165, 1.54) is 26.0 Å². The van der Waals surface area contributed by atoms with Crippen LogP contribution in [0.3, 0.4) is 0 Å². The number of aromatic amines is 1. The van der Waals surface area contributed by atoms with Crippen LogP contribution in [0.2, 0.25) is 0 Å². The Bertz CT molecular complexity index is 2270. The lowest BCUT2D eigenvalue weighted by atomic mass is 9.47. The number of nitrogens with zero attached hydrogens (tertiary/aromatic N) is 1. The van der Waals surface area contributed by atoms with Gasteiger partial charge in [-0.3, -0.25) is 9.59 Å². The molecule has 2 bridgehead atoms. The van der Waals surface area contributed by atoms with Gasteiger partial charge in [0.15, 0.2) is 6.10 Å². The summed E-state index contributed by atoms with van der Waals surface area (Å²) in [6, 6.07) is 10.5. The number of alkyl halides is 2. The molecule has 1 spiro atoms. The minimum Gasteiger partial charge on any atom is -0.496 e. The molecule has 0 amide bonds. The van der Waals surface area contributed by atoms with Crippen LogP contribution in [0.25, 0.3) is 10.9 Å². The number of hydrogen-bond donors (Lipinski definition) is 4. The van der Waals surface area contributed by atoms with Crippen molar-refractivity contribution in [3.8, 4) is 5.75 Å². The third-order valence-corrected chi connectivity index (χ3v) is 15.6. The van der Waals surface area contributed by atoms with Gasteiger partial charge in [-0.1, -0.05) is 31.2 Å². The fourth-order valence-corrected chi connectivity index (χ4v) is 13.7. The van der Waals surface area contributed by atoms with Gasteiger partial charge in [0.25, 0.3) is 5.92 Å². The number of fused-ring (bicyclic) bond motifs is 6. The normalized spacial score (nSPS) is 36.7. The summed E-state index contributed by atoms with van der Waals surface area (Å²) >= 11 is 0. The van der Waals surface area contributed by atoms with Crippen molar-refractivity contribution in [2.24, 2.45) is 17.3 Å². The maximum atomic E-state index is 15.3. The van der Waals surface area contributed by atoms with Gasteiger partial charge in [-0.15, -0.1) is 0 Å². The Hall–Kier alpha value is -4.53. The number of halogens is 2. The van der Waals surface area contributed by atoms with Gasteiger partial charge in [0, 0.05) is 65.8 Å². The molecule has 2 unspecified atom stereocenters. The highest BCUT2D eigenvalue weighted by molar-refractivity contribution is 5.94. The van der Waals surface area contributed by atoms with Crippen molar-refractivity contribution in [1.82, 2.24) is 4.98 Å². The minimum absolute atomic E-state index is 0.181. The van der Waals surface area contributed by atoms with Crippen LogP contribution in [0.4, 0.5) is 14.5 Å². The monoisotopic (exact) mass is 818 g/mol. The van der Waals surface area contributed by atoms with Crippen molar-refractivity contribution in [3.05, 3.63) is 70.9 Å². The molecule has 12 nitrogen and oxygen atoms in total. The first kappa shape index (κ1) is 39.9. The molecule has 6 heterocycles. The van der Waals surface area contributed by atoms with Gasteiger partial charge in [0.2, 0.25) is 5.60 Å². The van der Waals surface area contributed by atoms with Crippen molar-refractivity contribution >= 4 is 34.5 Å². The van der Waals surface area contributed by atoms with E-state index in [1.54, 1.807) is 7.11 Å². The lowest BCUT2D eigenvalue weighted by molar-refractivity contribution is -0.927. The summed E-state index contributed by atoms with van der Waals surface area (Å²) in [7, 11) is 5.97. The van der Waals surface area contributed by atoms with Gasteiger partial charge in [-0.25, -0.2) is 13.6 Å². The molecule has 1 aliphatic carbocycles.